The van der Waals surface area contributed by atoms with Gasteiger partial charge in [-0.1, -0.05) is 33.1 Å². The van der Waals surface area contributed by atoms with Gasteiger partial charge in [-0.15, -0.1) is 0 Å². The molecule has 0 saturated carbocycles. The van der Waals surface area contributed by atoms with Gasteiger partial charge in [-0.2, -0.15) is 15.0 Å². The van der Waals surface area contributed by atoms with Crippen molar-refractivity contribution in [1.29, 1.82) is 0 Å². The highest BCUT2D eigenvalue weighted by molar-refractivity contribution is 5.80. The molecule has 1 saturated heterocycles. The van der Waals surface area contributed by atoms with E-state index >= 15 is 0 Å². The summed E-state index contributed by atoms with van der Waals surface area (Å²) in [5.41, 5.74) is 5.42. The molecule has 0 unspecified atom stereocenters. The molecule has 0 aliphatic carbocycles. The van der Waals surface area contributed by atoms with Crippen LogP contribution in [0, 0.1) is 5.92 Å². The van der Waals surface area contributed by atoms with Crippen LogP contribution < -0.4 is 15.8 Å². The quantitative estimate of drug-likeness (QED) is 0.180. The van der Waals surface area contributed by atoms with Crippen LogP contribution in [0.3, 0.4) is 0 Å². The SMILES string of the molecule is CCCCC[C@H](CN(O)C=O)C(=O)NNc1nc(CC)nc(N2CC[C@@H](N(C)C)C2)n1. The van der Waals surface area contributed by atoms with Crippen LogP contribution in [0.1, 0.15) is 51.8 Å². The Morgan fingerprint density at radius 2 is 2.06 bits per heavy atom. The smallest absolute Gasteiger partial charge is 0.246 e. The number of amides is 2. The Morgan fingerprint density at radius 3 is 2.68 bits per heavy atom. The molecule has 3 N–H and O–H groups in total. The highest BCUT2D eigenvalue weighted by atomic mass is 16.5. The molecule has 2 atom stereocenters. The van der Waals surface area contributed by atoms with Crippen LogP contribution >= 0.6 is 0 Å². The Balaban J connectivity index is 2.04. The molecule has 2 heterocycles. The number of aryl methyl sites for hydroxylation is 1. The number of carbonyl (C=O) groups excluding carboxylic acids is 2. The van der Waals surface area contributed by atoms with Crippen LogP contribution in [0.15, 0.2) is 0 Å². The van der Waals surface area contributed by atoms with E-state index < -0.39 is 5.92 Å². The number of anilines is 2. The number of rotatable bonds is 13. The normalized spacial score (nSPS) is 17.0. The molecule has 0 aromatic carbocycles. The fourth-order valence-electron chi connectivity index (χ4n) is 3.54. The van der Waals surface area contributed by atoms with Gasteiger partial charge in [0.1, 0.15) is 5.82 Å². The summed E-state index contributed by atoms with van der Waals surface area (Å²) in [6.45, 7) is 5.67. The molecule has 1 aromatic heterocycles. The zero-order valence-corrected chi connectivity index (χ0v) is 19.0. The Morgan fingerprint density at radius 1 is 1.29 bits per heavy atom. The minimum atomic E-state index is -0.541. The number of unbranched alkanes of at least 4 members (excludes halogenated alkanes) is 2. The van der Waals surface area contributed by atoms with E-state index in [1.54, 1.807) is 0 Å². The molecular weight excluding hydrogens is 400 g/mol. The maximum Gasteiger partial charge on any atom is 0.246 e. The monoisotopic (exact) mass is 436 g/mol. The lowest BCUT2D eigenvalue weighted by Crippen LogP contribution is -2.40. The Labute approximate surface area is 184 Å². The van der Waals surface area contributed by atoms with Crippen molar-refractivity contribution in [2.24, 2.45) is 5.92 Å². The van der Waals surface area contributed by atoms with Crippen LogP contribution in [0.2, 0.25) is 0 Å². The Kier molecular flexibility index (Phi) is 9.86. The maximum atomic E-state index is 12.7. The third-order valence-electron chi connectivity index (χ3n) is 5.52. The first-order valence-corrected chi connectivity index (χ1v) is 11.0. The van der Waals surface area contributed by atoms with E-state index in [2.05, 4.69) is 56.6 Å². The van der Waals surface area contributed by atoms with E-state index in [0.717, 1.165) is 38.8 Å². The third-order valence-corrected chi connectivity index (χ3v) is 5.52. The second-order valence-corrected chi connectivity index (χ2v) is 8.12. The molecule has 2 amide bonds. The highest BCUT2D eigenvalue weighted by Crippen LogP contribution is 2.20. The van der Waals surface area contributed by atoms with Gasteiger partial charge in [0.05, 0.1) is 12.5 Å². The van der Waals surface area contributed by atoms with Crippen molar-refractivity contribution in [3.05, 3.63) is 5.82 Å². The van der Waals surface area contributed by atoms with Crippen LogP contribution in [-0.2, 0) is 16.0 Å². The molecule has 11 heteroatoms. The minimum absolute atomic E-state index is 0.0664. The maximum absolute atomic E-state index is 12.7. The van der Waals surface area contributed by atoms with Gasteiger partial charge in [0.2, 0.25) is 24.2 Å². The van der Waals surface area contributed by atoms with Gasteiger partial charge in [0.15, 0.2) is 0 Å². The first kappa shape index (κ1) is 24.7. The number of carbonyl (C=O) groups is 2. The number of hydroxylamine groups is 2. The topological polar surface area (TPSA) is 127 Å². The molecule has 1 aliphatic heterocycles. The molecule has 1 aliphatic rings. The molecule has 174 valence electrons. The number of hydrazine groups is 1. The van der Waals surface area contributed by atoms with E-state index in [-0.39, 0.29) is 18.4 Å². The first-order valence-electron chi connectivity index (χ1n) is 11.0. The molecule has 2 rings (SSSR count). The first-order chi connectivity index (χ1) is 14.9. The summed E-state index contributed by atoms with van der Waals surface area (Å²) in [5, 5.41) is 10.0. The average molecular weight is 437 g/mol. The van der Waals surface area contributed by atoms with Crippen molar-refractivity contribution in [3.8, 4) is 0 Å². The molecule has 0 bridgehead atoms. The Bertz CT molecular complexity index is 718. The van der Waals surface area contributed by atoms with Crippen molar-refractivity contribution in [3.63, 3.8) is 0 Å². The second-order valence-electron chi connectivity index (χ2n) is 8.12. The summed E-state index contributed by atoms with van der Waals surface area (Å²) >= 11 is 0. The minimum Gasteiger partial charge on any atom is -0.339 e. The van der Waals surface area contributed by atoms with Crippen molar-refractivity contribution in [2.75, 3.05) is 44.1 Å². The van der Waals surface area contributed by atoms with E-state index in [4.69, 9.17) is 0 Å². The molecule has 1 aromatic rings. The number of nitrogens with one attached hydrogen (secondary N) is 2. The molecular formula is C20H36N8O3. The van der Waals surface area contributed by atoms with Gasteiger partial charge in [-0.3, -0.25) is 25.6 Å². The second kappa shape index (κ2) is 12.4. The fourth-order valence-corrected chi connectivity index (χ4v) is 3.54. The molecule has 0 spiro atoms. The van der Waals surface area contributed by atoms with E-state index in [1.165, 1.54) is 0 Å². The van der Waals surface area contributed by atoms with Crippen LogP contribution in [-0.4, -0.2) is 82.2 Å². The number of likely N-dealkylation sites (N-methyl/N-ethyl adjacent to an activating group) is 1. The molecule has 11 nitrogen and oxygen atoms in total. The summed E-state index contributed by atoms with van der Waals surface area (Å²) in [5.74, 6) is 0.630. The number of nitrogens with zero attached hydrogens (tertiary/aromatic N) is 6. The lowest BCUT2D eigenvalue weighted by Gasteiger charge is -2.21. The van der Waals surface area contributed by atoms with Crippen molar-refractivity contribution < 1.29 is 14.8 Å². The summed E-state index contributed by atoms with van der Waals surface area (Å²) in [6.07, 6.45) is 5.37. The lowest BCUT2D eigenvalue weighted by atomic mass is 10.0. The van der Waals surface area contributed by atoms with E-state index in [0.29, 0.717) is 42.1 Å². The number of hydrogen-bond acceptors (Lipinski definition) is 9. The van der Waals surface area contributed by atoms with Gasteiger partial charge in [-0.25, -0.2) is 5.06 Å². The van der Waals surface area contributed by atoms with Gasteiger partial charge < -0.3 is 9.80 Å². The van der Waals surface area contributed by atoms with Crippen LogP contribution in [0.4, 0.5) is 11.9 Å². The fraction of sp³-hybridized carbons (Fsp3) is 0.750. The molecule has 1 fully saturated rings. The predicted molar refractivity (Wildman–Crippen MR) is 117 cm³/mol. The summed E-state index contributed by atoms with van der Waals surface area (Å²) < 4.78 is 0. The zero-order chi connectivity index (χ0) is 22.8. The van der Waals surface area contributed by atoms with Crippen molar-refractivity contribution in [1.82, 2.24) is 30.3 Å². The van der Waals surface area contributed by atoms with Crippen LogP contribution in [0.25, 0.3) is 0 Å². The van der Waals surface area contributed by atoms with Gasteiger partial charge in [-0.05, 0) is 26.9 Å². The standard InChI is InChI=1S/C20H36N8O3/c1-5-7-8-9-15(12-28(31)14-29)18(30)24-25-19-21-17(6-2)22-20(23-19)27-11-10-16(13-27)26(3)4/h14-16,31H,5-13H2,1-4H3,(H,24,30)(H,21,22,23,25)/t15-,16-/m1/s1. The van der Waals surface area contributed by atoms with E-state index in [9.17, 15) is 14.8 Å². The van der Waals surface area contributed by atoms with Gasteiger partial charge >= 0.3 is 0 Å². The zero-order valence-electron chi connectivity index (χ0n) is 19.0. The number of hydrogen-bond donors (Lipinski definition) is 3. The third kappa shape index (κ3) is 7.59. The summed E-state index contributed by atoms with van der Waals surface area (Å²) in [7, 11) is 4.13. The van der Waals surface area contributed by atoms with E-state index in [1.807, 2.05) is 6.92 Å². The van der Waals surface area contributed by atoms with Crippen molar-refractivity contribution in [2.45, 2.75) is 58.4 Å². The Hall–Kier alpha value is -2.53. The molecule has 0 radical (unpaired) electrons. The van der Waals surface area contributed by atoms with Crippen molar-refractivity contribution >= 4 is 24.2 Å². The molecule has 31 heavy (non-hydrogen) atoms. The summed E-state index contributed by atoms with van der Waals surface area (Å²) in [6, 6.07) is 0.445. The van der Waals surface area contributed by atoms with Crippen LogP contribution in [0.5, 0.6) is 0 Å². The summed E-state index contributed by atoms with van der Waals surface area (Å²) in [4.78, 5) is 41.1. The predicted octanol–water partition coefficient (Wildman–Crippen LogP) is 1.06. The largest absolute Gasteiger partial charge is 0.339 e. The highest BCUT2D eigenvalue weighted by Gasteiger charge is 2.27. The average Bonchev–Trinajstić information content (AvgIpc) is 3.27. The lowest BCUT2D eigenvalue weighted by molar-refractivity contribution is -0.154. The number of aromatic nitrogens is 3. The van der Waals surface area contributed by atoms with Gasteiger partial charge in [0, 0.05) is 25.6 Å². The van der Waals surface area contributed by atoms with Gasteiger partial charge in [0.25, 0.3) is 0 Å².